The van der Waals surface area contributed by atoms with Crippen molar-refractivity contribution in [1.82, 2.24) is 10.6 Å². The van der Waals surface area contributed by atoms with Crippen molar-refractivity contribution in [3.63, 3.8) is 0 Å². The molecule has 0 unspecified atom stereocenters. The monoisotopic (exact) mass is 508 g/mol. The van der Waals surface area contributed by atoms with Crippen molar-refractivity contribution in [2.24, 2.45) is 0 Å². The zero-order valence-corrected chi connectivity index (χ0v) is 21.3. The molecule has 4 aromatic carbocycles. The van der Waals surface area contributed by atoms with E-state index in [1.54, 1.807) is 48.5 Å². The molecule has 0 heterocycles. The summed E-state index contributed by atoms with van der Waals surface area (Å²) in [5.74, 6) is 1.04. The highest BCUT2D eigenvalue weighted by atomic mass is 16.5. The van der Waals surface area contributed by atoms with Gasteiger partial charge < -0.3 is 20.1 Å². The van der Waals surface area contributed by atoms with Gasteiger partial charge in [0.25, 0.3) is 11.8 Å². The molecule has 0 spiro atoms. The summed E-state index contributed by atoms with van der Waals surface area (Å²) in [6.07, 6.45) is 1.64. The van der Waals surface area contributed by atoms with E-state index in [-0.39, 0.29) is 11.8 Å². The van der Waals surface area contributed by atoms with Crippen LogP contribution in [0.5, 0.6) is 11.5 Å². The molecule has 4 rings (SSSR count). The van der Waals surface area contributed by atoms with Gasteiger partial charge in [-0.25, -0.2) is 0 Å². The predicted octanol–water partition coefficient (Wildman–Crippen LogP) is 5.09. The van der Waals surface area contributed by atoms with E-state index in [2.05, 4.69) is 34.9 Å². The Kier molecular flexibility index (Phi) is 9.92. The highest BCUT2D eigenvalue weighted by Crippen LogP contribution is 2.14. The number of hydrogen-bond acceptors (Lipinski definition) is 4. The minimum Gasteiger partial charge on any atom is -0.493 e. The molecule has 6 heteroatoms. The number of carbonyl (C=O) groups excluding carboxylic acids is 2. The first-order valence-corrected chi connectivity index (χ1v) is 12.8. The van der Waals surface area contributed by atoms with Crippen molar-refractivity contribution < 1.29 is 19.1 Å². The van der Waals surface area contributed by atoms with E-state index >= 15 is 0 Å². The van der Waals surface area contributed by atoms with E-state index in [0.717, 1.165) is 24.3 Å². The van der Waals surface area contributed by atoms with Crippen LogP contribution in [0.25, 0.3) is 0 Å². The maximum atomic E-state index is 12.4. The van der Waals surface area contributed by atoms with E-state index < -0.39 is 0 Å². The van der Waals surface area contributed by atoms with E-state index in [1.807, 2.05) is 36.4 Å². The van der Waals surface area contributed by atoms with Gasteiger partial charge in [0.2, 0.25) is 0 Å². The Labute approximate surface area is 223 Å². The average Bonchev–Trinajstić information content (AvgIpc) is 2.97. The normalized spacial score (nSPS) is 10.4. The van der Waals surface area contributed by atoms with E-state index in [9.17, 15) is 9.59 Å². The van der Waals surface area contributed by atoms with Crippen molar-refractivity contribution in [3.8, 4) is 11.5 Å². The second kappa shape index (κ2) is 14.2. The highest BCUT2D eigenvalue weighted by molar-refractivity contribution is 5.95. The molecule has 6 nitrogen and oxygen atoms in total. The minimum atomic E-state index is -0.202. The van der Waals surface area contributed by atoms with Crippen LogP contribution in [0, 0.1) is 0 Å². The molecular weight excluding hydrogens is 476 g/mol. The zero-order chi connectivity index (χ0) is 26.4. The molecule has 38 heavy (non-hydrogen) atoms. The third-order valence-electron chi connectivity index (χ3n) is 5.93. The van der Waals surface area contributed by atoms with Gasteiger partial charge in [-0.1, -0.05) is 60.7 Å². The van der Waals surface area contributed by atoms with Crippen LogP contribution < -0.4 is 20.1 Å². The lowest BCUT2D eigenvalue weighted by Crippen LogP contribution is -2.34. The molecule has 4 aromatic rings. The van der Waals surface area contributed by atoms with Crippen LogP contribution in [-0.4, -0.2) is 38.1 Å². The number of ether oxygens (including phenoxy) is 2. The van der Waals surface area contributed by atoms with Crippen LogP contribution >= 0.6 is 0 Å². The Morgan fingerprint density at radius 1 is 0.500 bits per heavy atom. The highest BCUT2D eigenvalue weighted by Gasteiger charge is 2.08. The van der Waals surface area contributed by atoms with Crippen molar-refractivity contribution in [2.45, 2.75) is 12.8 Å². The van der Waals surface area contributed by atoms with E-state index in [4.69, 9.17) is 9.47 Å². The lowest BCUT2D eigenvalue weighted by atomic mass is 10.2. The molecule has 194 valence electrons. The molecule has 0 fully saturated rings. The number of amides is 2. The van der Waals surface area contributed by atoms with Gasteiger partial charge in [0.15, 0.2) is 0 Å². The summed E-state index contributed by atoms with van der Waals surface area (Å²) in [5.41, 5.74) is 3.51. The quantitative estimate of drug-likeness (QED) is 0.247. The van der Waals surface area contributed by atoms with Crippen LogP contribution in [-0.2, 0) is 12.8 Å². The number of nitrogens with one attached hydrogen (secondary N) is 2. The van der Waals surface area contributed by atoms with Gasteiger partial charge in [0.05, 0.1) is 13.2 Å². The average molecular weight is 509 g/mol. The molecule has 2 N–H and O–H groups in total. The molecule has 0 aliphatic carbocycles. The predicted molar refractivity (Wildman–Crippen MR) is 149 cm³/mol. The molecule has 0 saturated carbocycles. The Morgan fingerprint density at radius 2 is 0.868 bits per heavy atom. The smallest absolute Gasteiger partial charge is 0.251 e. The third-order valence-corrected chi connectivity index (χ3v) is 5.93. The molecule has 0 atom stereocenters. The molecule has 0 bridgehead atoms. The number of benzene rings is 4. The van der Waals surface area contributed by atoms with Gasteiger partial charge in [-0.3, -0.25) is 9.59 Å². The summed E-state index contributed by atoms with van der Waals surface area (Å²) in [6, 6.07) is 34.4. The van der Waals surface area contributed by atoms with Crippen LogP contribution in [0.4, 0.5) is 0 Å². The number of carbonyl (C=O) groups is 2. The van der Waals surface area contributed by atoms with Crippen molar-refractivity contribution >= 4 is 11.8 Å². The van der Waals surface area contributed by atoms with E-state index in [1.165, 1.54) is 11.1 Å². The van der Waals surface area contributed by atoms with Crippen LogP contribution in [0.2, 0.25) is 0 Å². The maximum Gasteiger partial charge on any atom is 0.251 e. The molecule has 0 radical (unpaired) electrons. The van der Waals surface area contributed by atoms with Gasteiger partial charge >= 0.3 is 0 Å². The summed E-state index contributed by atoms with van der Waals surface area (Å²) >= 11 is 0. The molecule has 0 saturated heterocycles. The van der Waals surface area contributed by atoms with E-state index in [0.29, 0.717) is 37.4 Å². The number of rotatable bonds is 13. The van der Waals surface area contributed by atoms with Crippen molar-refractivity contribution in [1.29, 1.82) is 0 Å². The molecular formula is C32H32N2O4. The lowest BCUT2D eigenvalue weighted by Gasteiger charge is -2.10. The topological polar surface area (TPSA) is 76.7 Å². The fourth-order valence-electron chi connectivity index (χ4n) is 3.82. The SMILES string of the molecule is O=C(NCCNC(=O)c1ccc(OCCc2ccccc2)cc1)c1ccc(OCCc2ccccc2)cc1. The van der Waals surface area contributed by atoms with Gasteiger partial charge in [-0.2, -0.15) is 0 Å². The Balaban J connectivity index is 1.11. The summed E-state index contributed by atoms with van der Waals surface area (Å²) in [6.45, 7) is 1.78. The first-order chi connectivity index (χ1) is 18.7. The first kappa shape index (κ1) is 26.5. The lowest BCUT2D eigenvalue weighted by molar-refractivity contribution is 0.0927. The maximum absolute atomic E-state index is 12.4. The van der Waals surface area contributed by atoms with Crippen LogP contribution in [0.15, 0.2) is 109 Å². The Bertz CT molecular complexity index is 1170. The molecule has 0 aliphatic heterocycles. The zero-order valence-electron chi connectivity index (χ0n) is 21.3. The van der Waals surface area contributed by atoms with Gasteiger partial charge in [-0.05, 0) is 59.7 Å². The van der Waals surface area contributed by atoms with Crippen molar-refractivity contribution in [2.75, 3.05) is 26.3 Å². The fourth-order valence-corrected chi connectivity index (χ4v) is 3.82. The standard InChI is InChI=1S/C32H32N2O4/c35-31(27-11-15-29(16-12-27)37-23-19-25-7-3-1-4-8-25)33-21-22-34-32(36)28-13-17-30(18-14-28)38-24-20-26-9-5-2-6-10-26/h1-18H,19-24H2,(H,33,35)(H,34,36). The summed E-state index contributed by atoms with van der Waals surface area (Å²) < 4.78 is 11.5. The Hall–Kier alpha value is -4.58. The second-order valence-electron chi connectivity index (χ2n) is 8.73. The van der Waals surface area contributed by atoms with Gasteiger partial charge in [0.1, 0.15) is 11.5 Å². The Morgan fingerprint density at radius 3 is 1.24 bits per heavy atom. The van der Waals surface area contributed by atoms with Crippen LogP contribution in [0.1, 0.15) is 31.8 Å². The molecule has 2 amide bonds. The first-order valence-electron chi connectivity index (χ1n) is 12.8. The summed E-state index contributed by atoms with van der Waals surface area (Å²) in [7, 11) is 0. The molecule has 0 aromatic heterocycles. The van der Waals surface area contributed by atoms with Gasteiger partial charge in [0, 0.05) is 37.1 Å². The second-order valence-corrected chi connectivity index (χ2v) is 8.73. The minimum absolute atomic E-state index is 0.202. The fraction of sp³-hybridized carbons (Fsp3) is 0.188. The third kappa shape index (κ3) is 8.52. The van der Waals surface area contributed by atoms with Gasteiger partial charge in [-0.15, -0.1) is 0 Å². The summed E-state index contributed by atoms with van der Waals surface area (Å²) in [4.78, 5) is 24.8. The number of hydrogen-bond donors (Lipinski definition) is 2. The van der Waals surface area contributed by atoms with Crippen molar-refractivity contribution in [3.05, 3.63) is 131 Å². The largest absolute Gasteiger partial charge is 0.493 e. The van der Waals surface area contributed by atoms with Crippen LogP contribution in [0.3, 0.4) is 0 Å². The molecule has 0 aliphatic rings. The summed E-state index contributed by atoms with van der Waals surface area (Å²) in [5, 5.41) is 5.64.